The molecule has 0 aromatic carbocycles. The number of fused-ring (bicyclic) bond motifs is 1. The first-order valence-corrected chi connectivity index (χ1v) is 6.46. The molecule has 0 aromatic rings. The van der Waals surface area contributed by atoms with Crippen LogP contribution in [0.3, 0.4) is 0 Å². The van der Waals surface area contributed by atoms with Gasteiger partial charge in [-0.15, -0.1) is 0 Å². The summed E-state index contributed by atoms with van der Waals surface area (Å²) >= 11 is 0. The minimum absolute atomic E-state index is 0.577. The molecule has 0 aromatic heterocycles. The van der Waals surface area contributed by atoms with Crippen LogP contribution >= 0.6 is 0 Å². The summed E-state index contributed by atoms with van der Waals surface area (Å²) < 4.78 is 0. The molecule has 16 heavy (non-hydrogen) atoms. The van der Waals surface area contributed by atoms with Crippen molar-refractivity contribution in [1.82, 2.24) is 10.2 Å². The van der Waals surface area contributed by atoms with Crippen molar-refractivity contribution in [1.29, 1.82) is 0 Å². The molecule has 0 spiro atoms. The third-order valence-electron chi connectivity index (χ3n) is 4.22. The van der Waals surface area contributed by atoms with Gasteiger partial charge in [-0.2, -0.15) is 0 Å². The number of allylic oxidation sites excluding steroid dienone is 1. The van der Waals surface area contributed by atoms with Crippen LogP contribution in [0.15, 0.2) is 23.9 Å². The second kappa shape index (κ2) is 4.22. The van der Waals surface area contributed by atoms with Crippen LogP contribution in [-0.4, -0.2) is 36.6 Å². The Morgan fingerprint density at radius 3 is 2.88 bits per heavy atom. The number of hydrogen-bond acceptors (Lipinski definition) is 3. The maximum atomic E-state index is 5.92. The second-order valence-corrected chi connectivity index (χ2v) is 5.19. The quantitative estimate of drug-likeness (QED) is 0.687. The summed E-state index contributed by atoms with van der Waals surface area (Å²) in [6.07, 6.45) is 10.5. The third-order valence-corrected chi connectivity index (χ3v) is 4.22. The summed E-state index contributed by atoms with van der Waals surface area (Å²) in [6.45, 7) is 3.59. The SMILES string of the molecule is NC1=CC2C(C=C1)CCN2C1CCNCC1. The Hall–Kier alpha value is -0.800. The topological polar surface area (TPSA) is 41.3 Å². The van der Waals surface area contributed by atoms with Crippen LogP contribution in [0.2, 0.25) is 0 Å². The fourth-order valence-corrected chi connectivity index (χ4v) is 3.35. The molecule has 3 nitrogen and oxygen atoms in total. The molecule has 2 heterocycles. The van der Waals surface area contributed by atoms with Crippen molar-refractivity contribution in [2.45, 2.75) is 31.3 Å². The van der Waals surface area contributed by atoms with Gasteiger partial charge >= 0.3 is 0 Å². The van der Waals surface area contributed by atoms with Gasteiger partial charge in [0.25, 0.3) is 0 Å². The molecule has 2 saturated heterocycles. The molecule has 2 aliphatic heterocycles. The van der Waals surface area contributed by atoms with E-state index >= 15 is 0 Å². The number of nitrogens with two attached hydrogens (primary N) is 1. The molecule has 0 amide bonds. The van der Waals surface area contributed by atoms with Crippen molar-refractivity contribution in [2.24, 2.45) is 11.7 Å². The van der Waals surface area contributed by atoms with Crippen molar-refractivity contribution in [3.05, 3.63) is 23.9 Å². The highest BCUT2D eigenvalue weighted by Gasteiger charge is 2.36. The number of rotatable bonds is 1. The third kappa shape index (κ3) is 1.78. The maximum Gasteiger partial charge on any atom is 0.0367 e. The van der Waals surface area contributed by atoms with Crippen molar-refractivity contribution in [3.63, 3.8) is 0 Å². The second-order valence-electron chi connectivity index (χ2n) is 5.19. The van der Waals surface area contributed by atoms with Crippen LogP contribution in [0.5, 0.6) is 0 Å². The lowest BCUT2D eigenvalue weighted by atomic mass is 9.93. The van der Waals surface area contributed by atoms with E-state index in [-0.39, 0.29) is 0 Å². The maximum absolute atomic E-state index is 5.92. The molecular formula is C13H21N3. The Labute approximate surface area is 97.4 Å². The van der Waals surface area contributed by atoms with Gasteiger partial charge < -0.3 is 11.1 Å². The highest BCUT2D eigenvalue weighted by atomic mass is 15.2. The van der Waals surface area contributed by atoms with Crippen LogP contribution in [-0.2, 0) is 0 Å². The molecule has 2 atom stereocenters. The average molecular weight is 219 g/mol. The van der Waals surface area contributed by atoms with E-state index in [0.717, 1.165) is 11.7 Å². The molecule has 2 fully saturated rings. The van der Waals surface area contributed by atoms with E-state index in [9.17, 15) is 0 Å². The van der Waals surface area contributed by atoms with E-state index < -0.39 is 0 Å². The van der Waals surface area contributed by atoms with Gasteiger partial charge in [-0.25, -0.2) is 0 Å². The van der Waals surface area contributed by atoms with Crippen LogP contribution in [0, 0.1) is 5.92 Å². The van der Waals surface area contributed by atoms with Crippen LogP contribution < -0.4 is 11.1 Å². The van der Waals surface area contributed by atoms with Gasteiger partial charge in [0.15, 0.2) is 0 Å². The van der Waals surface area contributed by atoms with E-state index in [1.165, 1.54) is 38.9 Å². The van der Waals surface area contributed by atoms with Gasteiger partial charge in [0, 0.05) is 17.8 Å². The molecule has 2 unspecified atom stereocenters. The standard InChI is InChI=1S/C13H21N3/c14-11-2-1-10-5-8-16(13(10)9-11)12-3-6-15-7-4-12/h1-2,9-10,12-13,15H,3-8,14H2. The molecule has 3 rings (SSSR count). The Kier molecular flexibility index (Phi) is 2.74. The Balaban J connectivity index is 1.74. The summed E-state index contributed by atoms with van der Waals surface area (Å²) in [6, 6.07) is 1.35. The fourth-order valence-electron chi connectivity index (χ4n) is 3.35. The first kappa shape index (κ1) is 10.4. The van der Waals surface area contributed by atoms with E-state index in [2.05, 4.69) is 28.4 Å². The molecule has 0 saturated carbocycles. The summed E-state index contributed by atoms with van der Waals surface area (Å²) in [5.41, 5.74) is 6.86. The predicted molar refractivity (Wildman–Crippen MR) is 65.9 cm³/mol. The minimum atomic E-state index is 0.577. The van der Waals surface area contributed by atoms with Crippen molar-refractivity contribution in [3.8, 4) is 0 Å². The molecule has 0 bridgehead atoms. The Morgan fingerprint density at radius 2 is 2.06 bits per heavy atom. The molecule has 3 N–H and O–H groups in total. The fraction of sp³-hybridized carbons (Fsp3) is 0.692. The zero-order valence-electron chi connectivity index (χ0n) is 9.73. The number of hydrogen-bond donors (Lipinski definition) is 2. The highest BCUT2D eigenvalue weighted by Crippen LogP contribution is 2.33. The lowest BCUT2D eigenvalue weighted by molar-refractivity contribution is 0.162. The number of likely N-dealkylation sites (tertiary alicyclic amines) is 1. The van der Waals surface area contributed by atoms with Crippen molar-refractivity contribution >= 4 is 0 Å². The highest BCUT2D eigenvalue weighted by molar-refractivity contribution is 5.27. The van der Waals surface area contributed by atoms with Crippen molar-refractivity contribution in [2.75, 3.05) is 19.6 Å². The molecular weight excluding hydrogens is 198 g/mol. The van der Waals surface area contributed by atoms with Gasteiger partial charge in [0.2, 0.25) is 0 Å². The lowest BCUT2D eigenvalue weighted by Crippen LogP contribution is -2.46. The average Bonchev–Trinajstić information content (AvgIpc) is 2.73. The van der Waals surface area contributed by atoms with Gasteiger partial charge in [0.05, 0.1) is 0 Å². The molecule has 88 valence electrons. The van der Waals surface area contributed by atoms with Gasteiger partial charge in [0.1, 0.15) is 0 Å². The number of piperidine rings is 1. The van der Waals surface area contributed by atoms with Gasteiger partial charge in [-0.1, -0.05) is 6.08 Å². The van der Waals surface area contributed by atoms with Crippen LogP contribution in [0.25, 0.3) is 0 Å². The summed E-state index contributed by atoms with van der Waals surface area (Å²) in [5.74, 6) is 0.710. The van der Waals surface area contributed by atoms with E-state index in [1.54, 1.807) is 0 Å². The molecule has 1 aliphatic carbocycles. The lowest BCUT2D eigenvalue weighted by Gasteiger charge is -2.36. The largest absolute Gasteiger partial charge is 0.399 e. The Bertz CT molecular complexity index is 315. The van der Waals surface area contributed by atoms with Gasteiger partial charge in [-0.05, 0) is 57.0 Å². The van der Waals surface area contributed by atoms with E-state index in [1.807, 2.05) is 0 Å². The zero-order valence-corrected chi connectivity index (χ0v) is 9.73. The van der Waals surface area contributed by atoms with E-state index in [4.69, 9.17) is 5.73 Å². The smallest absolute Gasteiger partial charge is 0.0367 e. The summed E-state index contributed by atoms with van der Waals surface area (Å²) in [7, 11) is 0. The summed E-state index contributed by atoms with van der Waals surface area (Å²) in [4.78, 5) is 2.68. The zero-order chi connectivity index (χ0) is 11.0. The van der Waals surface area contributed by atoms with Crippen LogP contribution in [0.4, 0.5) is 0 Å². The Morgan fingerprint density at radius 1 is 1.25 bits per heavy atom. The first-order valence-electron chi connectivity index (χ1n) is 6.46. The molecule has 3 heteroatoms. The van der Waals surface area contributed by atoms with Crippen molar-refractivity contribution < 1.29 is 0 Å². The monoisotopic (exact) mass is 219 g/mol. The normalized spacial score (nSPS) is 36.1. The van der Waals surface area contributed by atoms with E-state index in [0.29, 0.717) is 12.0 Å². The molecule has 0 radical (unpaired) electrons. The number of nitrogens with zero attached hydrogens (tertiary/aromatic N) is 1. The molecule has 3 aliphatic rings. The summed E-state index contributed by atoms with van der Waals surface area (Å²) in [5, 5.41) is 3.44. The van der Waals surface area contributed by atoms with Gasteiger partial charge in [-0.3, -0.25) is 4.90 Å². The van der Waals surface area contributed by atoms with Crippen LogP contribution in [0.1, 0.15) is 19.3 Å². The predicted octanol–water partition coefficient (Wildman–Crippen LogP) is 0.841. The minimum Gasteiger partial charge on any atom is -0.399 e. The first-order chi connectivity index (χ1) is 7.84. The number of nitrogens with one attached hydrogen (secondary N) is 1.